The number of sulfonamides is 1. The van der Waals surface area contributed by atoms with Gasteiger partial charge in [0, 0.05) is 41.5 Å². The van der Waals surface area contributed by atoms with Gasteiger partial charge < -0.3 is 4.74 Å². The van der Waals surface area contributed by atoms with Crippen molar-refractivity contribution in [3.63, 3.8) is 0 Å². The third-order valence-electron chi connectivity index (χ3n) is 6.32. The molecule has 1 saturated heterocycles. The first-order valence-electron chi connectivity index (χ1n) is 10.9. The van der Waals surface area contributed by atoms with Crippen molar-refractivity contribution in [1.29, 1.82) is 0 Å². The summed E-state index contributed by atoms with van der Waals surface area (Å²) < 4.78 is 35.1. The van der Waals surface area contributed by atoms with E-state index >= 15 is 0 Å². The number of aryl methyl sites for hydroxylation is 1. The smallest absolute Gasteiger partial charge is 0.261 e. The highest BCUT2D eigenvalue weighted by atomic mass is 35.5. The Balaban J connectivity index is 1.63. The van der Waals surface area contributed by atoms with Crippen molar-refractivity contribution in [1.82, 2.24) is 0 Å². The molecule has 4 rings (SSSR count). The molecule has 0 amide bonds. The minimum absolute atomic E-state index is 0.0542. The van der Waals surface area contributed by atoms with E-state index in [-0.39, 0.29) is 32.1 Å². The molecule has 0 saturated carbocycles. The molecule has 0 spiro atoms. The lowest BCUT2D eigenvalue weighted by molar-refractivity contribution is -0.908. The van der Waals surface area contributed by atoms with E-state index in [4.69, 9.17) is 16.3 Å². The number of benzene rings is 2. The third-order valence-corrected chi connectivity index (χ3v) is 7.93. The summed E-state index contributed by atoms with van der Waals surface area (Å²) in [7, 11) is -3.97. The van der Waals surface area contributed by atoms with Crippen molar-refractivity contribution in [3.8, 4) is 0 Å². The Morgan fingerprint density at radius 2 is 1.76 bits per heavy atom. The van der Waals surface area contributed by atoms with Crippen molar-refractivity contribution in [2.24, 2.45) is 0 Å². The number of anilines is 1. The standard InChI is InChI=1S/C25H25ClN2O5S/c1-17-3-4-18(16-28(17)30)24(29)22-15-20(26)7-10-23(22)27-34(31,32)21-8-5-19(6-9-21)25(2)11-13-33-14-12-25/h3-10,15-16H,11-14H2,1-2H3,(H-,27,29,30)/p+1. The van der Waals surface area contributed by atoms with Crippen LogP contribution in [0.3, 0.4) is 0 Å². The topological polar surface area (TPSA) is 96.6 Å². The van der Waals surface area contributed by atoms with Crippen molar-refractivity contribution in [2.75, 3.05) is 17.9 Å². The monoisotopic (exact) mass is 501 g/mol. The number of carbonyl (C=O) groups is 1. The van der Waals surface area contributed by atoms with Crippen LogP contribution < -0.4 is 9.45 Å². The number of nitrogens with zero attached hydrogens (tertiary/aromatic N) is 1. The SMILES string of the molecule is Cc1ccc(C(=O)c2cc(Cl)ccc2NS(=O)(=O)c2ccc(C3(C)CCOCC3)cc2)c[n+]1O. The second-order valence-corrected chi connectivity index (χ2v) is 10.8. The van der Waals surface area contributed by atoms with Crippen LogP contribution in [-0.4, -0.2) is 32.6 Å². The second-order valence-electron chi connectivity index (χ2n) is 8.73. The van der Waals surface area contributed by atoms with Gasteiger partial charge in [-0.1, -0.05) is 30.7 Å². The van der Waals surface area contributed by atoms with Gasteiger partial charge in [0.25, 0.3) is 10.0 Å². The molecular formula is C25H26ClN2O5S+. The number of aromatic nitrogens is 1. The molecule has 2 heterocycles. The zero-order valence-electron chi connectivity index (χ0n) is 18.9. The summed E-state index contributed by atoms with van der Waals surface area (Å²) in [6.07, 6.45) is 3.02. The number of rotatable bonds is 6. The van der Waals surface area contributed by atoms with Crippen LogP contribution in [0.15, 0.2) is 65.7 Å². The lowest BCUT2D eigenvalue weighted by Gasteiger charge is -2.34. The van der Waals surface area contributed by atoms with E-state index < -0.39 is 15.8 Å². The molecule has 1 fully saturated rings. The molecule has 2 aromatic carbocycles. The van der Waals surface area contributed by atoms with Gasteiger partial charge in [0.1, 0.15) is 0 Å². The number of ether oxygens (including phenoxy) is 1. The van der Waals surface area contributed by atoms with Gasteiger partial charge in [0.05, 0.1) is 16.1 Å². The Morgan fingerprint density at radius 1 is 1.09 bits per heavy atom. The molecule has 3 aromatic rings. The molecule has 0 aliphatic carbocycles. The summed E-state index contributed by atoms with van der Waals surface area (Å²) in [5.41, 5.74) is 1.91. The number of hydrogen-bond acceptors (Lipinski definition) is 5. The van der Waals surface area contributed by atoms with E-state index in [0.717, 1.165) is 23.1 Å². The molecule has 1 aromatic heterocycles. The summed E-state index contributed by atoms with van der Waals surface area (Å²) in [4.78, 5) is 13.2. The number of halogens is 1. The van der Waals surface area contributed by atoms with E-state index in [1.807, 2.05) is 12.1 Å². The fourth-order valence-electron chi connectivity index (χ4n) is 4.00. The lowest BCUT2D eigenvalue weighted by atomic mass is 9.76. The molecule has 7 nitrogen and oxygen atoms in total. The van der Waals surface area contributed by atoms with Crippen molar-refractivity contribution in [3.05, 3.63) is 88.2 Å². The normalized spacial score (nSPS) is 15.6. The van der Waals surface area contributed by atoms with Crippen LogP contribution >= 0.6 is 11.6 Å². The minimum Gasteiger partial charge on any atom is -0.381 e. The van der Waals surface area contributed by atoms with Gasteiger partial charge in [-0.15, -0.1) is 0 Å². The Kier molecular flexibility index (Phi) is 6.66. The summed E-state index contributed by atoms with van der Waals surface area (Å²) in [6.45, 7) is 5.20. The molecule has 9 heteroatoms. The van der Waals surface area contributed by atoms with E-state index in [0.29, 0.717) is 18.9 Å². The molecular weight excluding hydrogens is 476 g/mol. The van der Waals surface area contributed by atoms with Crippen LogP contribution in [0.4, 0.5) is 5.69 Å². The summed E-state index contributed by atoms with van der Waals surface area (Å²) in [6, 6.07) is 14.3. The number of pyridine rings is 1. The van der Waals surface area contributed by atoms with Crippen molar-refractivity contribution >= 4 is 33.1 Å². The Labute approximate surface area is 204 Å². The highest BCUT2D eigenvalue weighted by molar-refractivity contribution is 7.92. The quantitative estimate of drug-likeness (QED) is 0.298. The predicted molar refractivity (Wildman–Crippen MR) is 128 cm³/mol. The van der Waals surface area contributed by atoms with Crippen LogP contribution in [0.1, 0.15) is 46.9 Å². The van der Waals surface area contributed by atoms with E-state index in [1.54, 1.807) is 31.2 Å². The van der Waals surface area contributed by atoms with Crippen LogP contribution in [0, 0.1) is 6.92 Å². The van der Waals surface area contributed by atoms with Gasteiger partial charge in [-0.25, -0.2) is 8.42 Å². The van der Waals surface area contributed by atoms with E-state index in [2.05, 4.69) is 11.6 Å². The van der Waals surface area contributed by atoms with E-state index in [9.17, 15) is 18.4 Å². The minimum atomic E-state index is -3.97. The molecule has 0 radical (unpaired) electrons. The predicted octanol–water partition coefficient (Wildman–Crippen LogP) is 4.27. The van der Waals surface area contributed by atoms with Gasteiger partial charge in [0.2, 0.25) is 17.7 Å². The number of hydrogen-bond donors (Lipinski definition) is 2. The Bertz CT molecular complexity index is 1330. The number of nitrogens with one attached hydrogen (secondary N) is 1. The second kappa shape index (κ2) is 9.37. The molecule has 0 atom stereocenters. The van der Waals surface area contributed by atoms with Crippen molar-refractivity contribution < 1.29 is 27.9 Å². The first-order chi connectivity index (χ1) is 16.1. The Morgan fingerprint density at radius 3 is 2.41 bits per heavy atom. The molecule has 178 valence electrons. The highest BCUT2D eigenvalue weighted by Gasteiger charge is 2.30. The summed E-state index contributed by atoms with van der Waals surface area (Å²) in [5.74, 6) is -0.481. The third kappa shape index (κ3) is 4.94. The molecule has 34 heavy (non-hydrogen) atoms. The van der Waals surface area contributed by atoms with Gasteiger partial charge in [-0.2, -0.15) is 0 Å². The average Bonchev–Trinajstić information content (AvgIpc) is 2.82. The van der Waals surface area contributed by atoms with Crippen LogP contribution in [0.2, 0.25) is 5.02 Å². The van der Waals surface area contributed by atoms with Crippen LogP contribution in [0.25, 0.3) is 0 Å². The summed E-state index contributed by atoms with van der Waals surface area (Å²) >= 11 is 6.10. The number of ketones is 1. The molecule has 1 aliphatic rings. The van der Waals surface area contributed by atoms with Gasteiger partial charge in [0.15, 0.2) is 0 Å². The lowest BCUT2D eigenvalue weighted by Crippen LogP contribution is -2.34. The zero-order chi connectivity index (χ0) is 24.5. The highest BCUT2D eigenvalue weighted by Crippen LogP contribution is 2.35. The van der Waals surface area contributed by atoms with Crippen molar-refractivity contribution in [2.45, 2.75) is 37.0 Å². The molecule has 1 aliphatic heterocycles. The van der Waals surface area contributed by atoms with Crippen LogP contribution in [-0.2, 0) is 20.2 Å². The zero-order valence-corrected chi connectivity index (χ0v) is 20.5. The van der Waals surface area contributed by atoms with Crippen LogP contribution in [0.5, 0.6) is 0 Å². The first-order valence-corrected chi connectivity index (χ1v) is 12.7. The molecule has 2 N–H and O–H groups in total. The largest absolute Gasteiger partial charge is 0.381 e. The fraction of sp³-hybridized carbons (Fsp3) is 0.280. The maximum atomic E-state index is 13.1. The fourth-order valence-corrected chi connectivity index (χ4v) is 5.25. The average molecular weight is 502 g/mol. The number of carbonyl (C=O) groups excluding carboxylic acids is 1. The molecule has 0 unspecified atom stereocenters. The maximum absolute atomic E-state index is 13.1. The summed E-state index contributed by atoms with van der Waals surface area (Å²) in [5, 5.41) is 10.2. The van der Waals surface area contributed by atoms with E-state index in [1.165, 1.54) is 24.4 Å². The van der Waals surface area contributed by atoms with Gasteiger partial charge in [-0.3, -0.25) is 14.7 Å². The first kappa shape index (κ1) is 24.2. The molecule has 0 bridgehead atoms. The maximum Gasteiger partial charge on any atom is 0.261 e. The Hall–Kier alpha value is -2.94. The van der Waals surface area contributed by atoms with Gasteiger partial charge in [-0.05, 0) is 60.2 Å². The van der Waals surface area contributed by atoms with Gasteiger partial charge >= 0.3 is 0 Å².